The fourth-order valence-corrected chi connectivity index (χ4v) is 3.96. The monoisotopic (exact) mass is 409 g/mol. The van der Waals surface area contributed by atoms with E-state index < -0.39 is 9.84 Å². The molecule has 3 aromatic carbocycles. The van der Waals surface area contributed by atoms with Crippen molar-refractivity contribution in [3.8, 4) is 0 Å². The lowest BCUT2D eigenvalue weighted by molar-refractivity contribution is 0.602. The Bertz CT molecular complexity index is 1100. The Morgan fingerprint density at radius 1 is 1.00 bits per heavy atom. The van der Waals surface area contributed by atoms with Gasteiger partial charge in [-0.25, -0.2) is 8.42 Å². The Balaban J connectivity index is 1.59. The summed E-state index contributed by atoms with van der Waals surface area (Å²) in [6, 6.07) is 21.8. The maximum Gasteiger partial charge on any atom is 0.191 e. The van der Waals surface area contributed by atoms with Crippen LogP contribution in [0.5, 0.6) is 0 Å². The lowest BCUT2D eigenvalue weighted by atomic mass is 10.00. The average Bonchev–Trinajstić information content (AvgIpc) is 2.72. The van der Waals surface area contributed by atoms with Gasteiger partial charge in [0.05, 0.1) is 10.9 Å². The fraction of sp³-hybridized carbons (Fsp3) is 0.261. The number of sulfone groups is 1. The first-order valence-electron chi connectivity index (χ1n) is 9.62. The minimum atomic E-state index is -3.16. The van der Waals surface area contributed by atoms with Crippen LogP contribution >= 0.6 is 0 Å². The number of nitrogens with one attached hydrogen (secondary N) is 2. The van der Waals surface area contributed by atoms with E-state index in [1.165, 1.54) is 22.6 Å². The molecule has 0 aromatic heterocycles. The van der Waals surface area contributed by atoms with E-state index in [0.717, 1.165) is 17.9 Å². The second-order valence-corrected chi connectivity index (χ2v) is 9.12. The molecule has 1 atom stereocenters. The van der Waals surface area contributed by atoms with Gasteiger partial charge in [-0.1, -0.05) is 54.6 Å². The van der Waals surface area contributed by atoms with Crippen LogP contribution in [0.15, 0.2) is 76.6 Å². The number of nitrogens with zero attached hydrogens (tertiary/aromatic N) is 1. The largest absolute Gasteiger partial charge is 0.356 e. The molecule has 0 fully saturated rings. The van der Waals surface area contributed by atoms with Crippen LogP contribution in [0, 0.1) is 0 Å². The van der Waals surface area contributed by atoms with Gasteiger partial charge in [0.15, 0.2) is 15.8 Å². The quantitative estimate of drug-likeness (QED) is 0.481. The second kappa shape index (κ2) is 9.09. The first kappa shape index (κ1) is 20.9. The molecular formula is C23H27N3O2S. The van der Waals surface area contributed by atoms with Crippen LogP contribution in [0.3, 0.4) is 0 Å². The van der Waals surface area contributed by atoms with Gasteiger partial charge in [0.2, 0.25) is 0 Å². The SMILES string of the molecule is CN=C(NCCc1ccc(S(C)(=O)=O)cc1)NC(C)c1cccc2ccccc12. The number of guanidine groups is 1. The molecule has 0 spiro atoms. The number of benzene rings is 3. The Hall–Kier alpha value is -2.86. The van der Waals surface area contributed by atoms with Gasteiger partial charge in [-0.2, -0.15) is 0 Å². The van der Waals surface area contributed by atoms with Crippen LogP contribution in [-0.2, 0) is 16.3 Å². The fourth-order valence-electron chi connectivity index (χ4n) is 3.33. The van der Waals surface area contributed by atoms with E-state index in [9.17, 15) is 8.42 Å². The molecular weight excluding hydrogens is 382 g/mol. The van der Waals surface area contributed by atoms with Crippen LogP contribution < -0.4 is 10.6 Å². The molecule has 0 radical (unpaired) electrons. The molecule has 0 aliphatic rings. The van der Waals surface area contributed by atoms with E-state index in [0.29, 0.717) is 11.4 Å². The highest BCUT2D eigenvalue weighted by atomic mass is 32.2. The zero-order valence-corrected chi connectivity index (χ0v) is 17.8. The van der Waals surface area contributed by atoms with E-state index in [-0.39, 0.29) is 6.04 Å². The summed E-state index contributed by atoms with van der Waals surface area (Å²) in [5, 5.41) is 9.24. The summed E-state index contributed by atoms with van der Waals surface area (Å²) in [7, 11) is -1.40. The summed E-state index contributed by atoms with van der Waals surface area (Å²) >= 11 is 0. The third-order valence-electron chi connectivity index (χ3n) is 4.92. The van der Waals surface area contributed by atoms with Crippen molar-refractivity contribution < 1.29 is 8.42 Å². The molecule has 29 heavy (non-hydrogen) atoms. The molecule has 5 nitrogen and oxygen atoms in total. The second-order valence-electron chi connectivity index (χ2n) is 7.10. The van der Waals surface area contributed by atoms with Crippen molar-refractivity contribution in [1.82, 2.24) is 10.6 Å². The Labute approximate surface area is 172 Å². The number of aliphatic imine (C=N–C) groups is 1. The van der Waals surface area contributed by atoms with Crippen LogP contribution in [0.25, 0.3) is 10.8 Å². The molecule has 6 heteroatoms. The highest BCUT2D eigenvalue weighted by molar-refractivity contribution is 7.90. The molecule has 0 bridgehead atoms. The van der Waals surface area contributed by atoms with Gasteiger partial charge in [0.25, 0.3) is 0 Å². The van der Waals surface area contributed by atoms with E-state index in [1.54, 1.807) is 19.2 Å². The van der Waals surface area contributed by atoms with E-state index >= 15 is 0 Å². The molecule has 3 rings (SSSR count). The number of fused-ring (bicyclic) bond motifs is 1. The van der Waals surface area contributed by atoms with Gasteiger partial charge in [-0.15, -0.1) is 0 Å². The number of rotatable bonds is 6. The van der Waals surface area contributed by atoms with Crippen molar-refractivity contribution in [3.05, 3.63) is 77.9 Å². The number of hydrogen-bond acceptors (Lipinski definition) is 3. The van der Waals surface area contributed by atoms with Gasteiger partial charge in [0.1, 0.15) is 0 Å². The maximum absolute atomic E-state index is 11.6. The lowest BCUT2D eigenvalue weighted by Gasteiger charge is -2.20. The average molecular weight is 410 g/mol. The maximum atomic E-state index is 11.6. The van der Waals surface area contributed by atoms with E-state index in [4.69, 9.17) is 0 Å². The van der Waals surface area contributed by atoms with Crippen molar-refractivity contribution in [1.29, 1.82) is 0 Å². The smallest absolute Gasteiger partial charge is 0.191 e. The third-order valence-corrected chi connectivity index (χ3v) is 6.05. The van der Waals surface area contributed by atoms with Crippen molar-refractivity contribution in [2.75, 3.05) is 19.8 Å². The predicted octanol–water partition coefficient (Wildman–Crippen LogP) is 3.71. The standard InChI is InChI=1S/C23H27N3O2S/c1-17(21-10-6-8-19-7-4-5-9-22(19)21)26-23(24-2)25-16-15-18-11-13-20(14-12-18)29(3,27)28/h4-14,17H,15-16H2,1-3H3,(H2,24,25,26). The summed E-state index contributed by atoms with van der Waals surface area (Å²) in [5.74, 6) is 0.734. The minimum absolute atomic E-state index is 0.0985. The zero-order chi connectivity index (χ0) is 20.9. The normalized spacial score (nSPS) is 13.3. The van der Waals surface area contributed by atoms with Crippen molar-refractivity contribution in [3.63, 3.8) is 0 Å². The first-order chi connectivity index (χ1) is 13.9. The van der Waals surface area contributed by atoms with E-state index in [1.807, 2.05) is 18.2 Å². The Morgan fingerprint density at radius 2 is 1.69 bits per heavy atom. The summed E-state index contributed by atoms with van der Waals surface area (Å²) in [6.45, 7) is 2.82. The van der Waals surface area contributed by atoms with Gasteiger partial charge in [0, 0.05) is 19.8 Å². The molecule has 152 valence electrons. The third kappa shape index (κ3) is 5.35. The molecule has 0 amide bonds. The molecule has 1 unspecified atom stereocenters. The van der Waals surface area contributed by atoms with Crippen molar-refractivity contribution >= 4 is 26.6 Å². The first-order valence-corrected chi connectivity index (χ1v) is 11.5. The highest BCUT2D eigenvalue weighted by Crippen LogP contribution is 2.23. The molecule has 0 saturated heterocycles. The molecule has 2 N–H and O–H groups in total. The molecule has 0 aliphatic carbocycles. The predicted molar refractivity (Wildman–Crippen MR) is 120 cm³/mol. The summed E-state index contributed by atoms with van der Waals surface area (Å²) < 4.78 is 23.1. The highest BCUT2D eigenvalue weighted by Gasteiger charge is 2.11. The van der Waals surface area contributed by atoms with Gasteiger partial charge >= 0.3 is 0 Å². The summed E-state index contributed by atoms with van der Waals surface area (Å²) in [4.78, 5) is 4.67. The van der Waals surface area contributed by atoms with Crippen LogP contribution in [0.1, 0.15) is 24.1 Å². The summed E-state index contributed by atoms with van der Waals surface area (Å²) in [6.07, 6.45) is 1.99. The van der Waals surface area contributed by atoms with Crippen LogP contribution in [-0.4, -0.2) is 34.2 Å². The minimum Gasteiger partial charge on any atom is -0.356 e. The summed E-state index contributed by atoms with van der Waals surface area (Å²) in [5.41, 5.74) is 2.30. The van der Waals surface area contributed by atoms with Crippen molar-refractivity contribution in [2.45, 2.75) is 24.3 Å². The topological polar surface area (TPSA) is 70.6 Å². The van der Waals surface area contributed by atoms with E-state index in [2.05, 4.69) is 58.9 Å². The Kier molecular flexibility index (Phi) is 6.54. The van der Waals surface area contributed by atoms with Gasteiger partial charge < -0.3 is 10.6 Å². The molecule has 0 saturated carbocycles. The van der Waals surface area contributed by atoms with Crippen molar-refractivity contribution in [2.24, 2.45) is 4.99 Å². The van der Waals surface area contributed by atoms with Crippen LogP contribution in [0.4, 0.5) is 0 Å². The number of hydrogen-bond donors (Lipinski definition) is 2. The zero-order valence-electron chi connectivity index (χ0n) is 17.0. The molecule has 0 aliphatic heterocycles. The molecule has 0 heterocycles. The lowest BCUT2D eigenvalue weighted by Crippen LogP contribution is -2.39. The molecule has 3 aromatic rings. The van der Waals surface area contributed by atoms with Gasteiger partial charge in [-0.3, -0.25) is 4.99 Å². The Morgan fingerprint density at radius 3 is 2.38 bits per heavy atom. The van der Waals surface area contributed by atoms with Gasteiger partial charge in [-0.05, 0) is 47.4 Å². The van der Waals surface area contributed by atoms with Crippen LogP contribution in [0.2, 0.25) is 0 Å².